The number of nitrogens with one attached hydrogen (secondary N) is 1. The zero-order chi connectivity index (χ0) is 14.1. The van der Waals surface area contributed by atoms with E-state index in [0.29, 0.717) is 12.1 Å². The molecular formula is C14H18N4O2. The van der Waals surface area contributed by atoms with Gasteiger partial charge in [-0.05, 0) is 24.6 Å². The van der Waals surface area contributed by atoms with Crippen LogP contribution in [0.15, 0.2) is 18.3 Å². The Bertz CT molecular complexity index is 644. The normalized spacial score (nSPS) is 16.6. The Balaban J connectivity index is 1.99. The highest BCUT2D eigenvalue weighted by atomic mass is 16.4. The first kappa shape index (κ1) is 13.1. The van der Waals surface area contributed by atoms with Gasteiger partial charge in [-0.1, -0.05) is 0 Å². The lowest BCUT2D eigenvalue weighted by Gasteiger charge is -2.26. The first-order valence-electron chi connectivity index (χ1n) is 6.79. The summed E-state index contributed by atoms with van der Waals surface area (Å²) in [6.07, 6.45) is 1.90. The number of nitrogens with zero attached hydrogens (tertiary/aromatic N) is 3. The molecular weight excluding hydrogens is 256 g/mol. The molecule has 1 saturated heterocycles. The molecule has 2 N–H and O–H groups in total. The van der Waals surface area contributed by atoms with Crippen molar-refractivity contribution in [2.45, 2.75) is 13.5 Å². The fourth-order valence-electron chi connectivity index (χ4n) is 2.59. The first-order chi connectivity index (χ1) is 9.65. The Morgan fingerprint density at radius 1 is 1.45 bits per heavy atom. The maximum Gasteiger partial charge on any atom is 0.356 e. The van der Waals surface area contributed by atoms with Crippen LogP contribution in [-0.4, -0.2) is 51.5 Å². The summed E-state index contributed by atoms with van der Waals surface area (Å²) in [6, 6.07) is 3.85. The van der Waals surface area contributed by atoms with Crippen molar-refractivity contribution in [3.8, 4) is 0 Å². The SMILES string of the molecule is Cc1ccn2c(CN3CCNCC3)nc(C(=O)O)c2c1. The zero-order valence-corrected chi connectivity index (χ0v) is 11.5. The molecule has 0 spiro atoms. The maximum atomic E-state index is 11.3. The molecule has 106 valence electrons. The van der Waals surface area contributed by atoms with Gasteiger partial charge in [-0.3, -0.25) is 4.90 Å². The molecule has 3 heterocycles. The number of aromatic nitrogens is 2. The van der Waals surface area contributed by atoms with E-state index in [0.717, 1.165) is 37.6 Å². The van der Waals surface area contributed by atoms with Gasteiger partial charge in [0.15, 0.2) is 5.69 Å². The Morgan fingerprint density at radius 2 is 2.20 bits per heavy atom. The van der Waals surface area contributed by atoms with Crippen LogP contribution >= 0.6 is 0 Å². The molecule has 1 aliphatic heterocycles. The maximum absolute atomic E-state index is 11.3. The van der Waals surface area contributed by atoms with E-state index >= 15 is 0 Å². The fraction of sp³-hybridized carbons (Fsp3) is 0.429. The number of carboxylic acids is 1. The molecule has 3 rings (SSSR count). The second-order valence-electron chi connectivity index (χ2n) is 5.17. The molecule has 0 unspecified atom stereocenters. The summed E-state index contributed by atoms with van der Waals surface area (Å²) in [6.45, 7) is 6.49. The predicted molar refractivity (Wildman–Crippen MR) is 75.0 cm³/mol. The van der Waals surface area contributed by atoms with E-state index in [2.05, 4.69) is 15.2 Å². The Morgan fingerprint density at radius 3 is 2.90 bits per heavy atom. The van der Waals surface area contributed by atoms with Crippen molar-refractivity contribution in [1.82, 2.24) is 19.6 Å². The number of carboxylic acid groups (broad SMARTS) is 1. The van der Waals surface area contributed by atoms with E-state index in [1.165, 1.54) is 0 Å². The van der Waals surface area contributed by atoms with Gasteiger partial charge in [0.05, 0.1) is 12.1 Å². The van der Waals surface area contributed by atoms with Gasteiger partial charge in [-0.2, -0.15) is 0 Å². The highest BCUT2D eigenvalue weighted by Gasteiger charge is 2.19. The number of fused-ring (bicyclic) bond motifs is 1. The number of carbonyl (C=O) groups is 1. The molecule has 1 aliphatic rings. The number of pyridine rings is 1. The van der Waals surface area contributed by atoms with E-state index in [1.54, 1.807) is 0 Å². The Hall–Kier alpha value is -1.92. The van der Waals surface area contributed by atoms with Gasteiger partial charge in [-0.15, -0.1) is 0 Å². The van der Waals surface area contributed by atoms with Gasteiger partial charge in [0.1, 0.15) is 5.82 Å². The van der Waals surface area contributed by atoms with Crippen LogP contribution in [0.25, 0.3) is 5.52 Å². The van der Waals surface area contributed by atoms with Crippen molar-refractivity contribution in [3.05, 3.63) is 35.4 Å². The average molecular weight is 274 g/mol. The highest BCUT2D eigenvalue weighted by Crippen LogP contribution is 2.16. The van der Waals surface area contributed by atoms with Gasteiger partial charge >= 0.3 is 5.97 Å². The van der Waals surface area contributed by atoms with E-state index < -0.39 is 5.97 Å². The van der Waals surface area contributed by atoms with Crippen LogP contribution in [0.1, 0.15) is 21.9 Å². The van der Waals surface area contributed by atoms with Gasteiger partial charge in [0.25, 0.3) is 0 Å². The number of imidazole rings is 1. The molecule has 0 aromatic carbocycles. The Labute approximate surface area is 117 Å². The van der Waals surface area contributed by atoms with Crippen LogP contribution in [0.5, 0.6) is 0 Å². The van der Waals surface area contributed by atoms with Crippen LogP contribution in [-0.2, 0) is 6.54 Å². The summed E-state index contributed by atoms with van der Waals surface area (Å²) in [5, 5.41) is 12.6. The number of aryl methyl sites for hydroxylation is 1. The molecule has 0 aliphatic carbocycles. The van der Waals surface area contributed by atoms with Gasteiger partial charge in [0, 0.05) is 32.4 Å². The quantitative estimate of drug-likeness (QED) is 0.864. The lowest BCUT2D eigenvalue weighted by molar-refractivity contribution is 0.0693. The van der Waals surface area contributed by atoms with Gasteiger partial charge in [-0.25, -0.2) is 9.78 Å². The third kappa shape index (κ3) is 2.39. The molecule has 6 heteroatoms. The fourth-order valence-corrected chi connectivity index (χ4v) is 2.59. The van der Waals surface area contributed by atoms with Gasteiger partial charge in [0.2, 0.25) is 0 Å². The number of hydrogen-bond donors (Lipinski definition) is 2. The topological polar surface area (TPSA) is 69.9 Å². The van der Waals surface area contributed by atoms with Crippen LogP contribution in [0, 0.1) is 6.92 Å². The molecule has 2 aromatic rings. The molecule has 0 radical (unpaired) electrons. The van der Waals surface area contributed by atoms with Crippen molar-refractivity contribution >= 4 is 11.5 Å². The first-order valence-corrected chi connectivity index (χ1v) is 6.79. The summed E-state index contributed by atoms with van der Waals surface area (Å²) in [5.74, 6) is -0.182. The number of aromatic carboxylic acids is 1. The van der Waals surface area contributed by atoms with Crippen molar-refractivity contribution in [3.63, 3.8) is 0 Å². The molecule has 0 amide bonds. The zero-order valence-electron chi connectivity index (χ0n) is 11.5. The molecule has 2 aromatic heterocycles. The third-order valence-corrected chi connectivity index (χ3v) is 3.65. The number of piperazine rings is 1. The standard InChI is InChI=1S/C14H18N4O2/c1-10-2-5-18-11(8-10)13(14(19)20)16-12(18)9-17-6-3-15-4-7-17/h2,5,8,15H,3-4,6-7,9H2,1H3,(H,19,20). The van der Waals surface area contributed by atoms with Crippen molar-refractivity contribution in [2.75, 3.05) is 26.2 Å². The van der Waals surface area contributed by atoms with E-state index in [9.17, 15) is 9.90 Å². The van der Waals surface area contributed by atoms with Crippen molar-refractivity contribution in [2.24, 2.45) is 0 Å². The third-order valence-electron chi connectivity index (χ3n) is 3.65. The van der Waals surface area contributed by atoms with E-state index in [4.69, 9.17) is 0 Å². The highest BCUT2D eigenvalue weighted by molar-refractivity contribution is 5.93. The minimum atomic E-state index is -0.973. The smallest absolute Gasteiger partial charge is 0.356 e. The molecule has 0 atom stereocenters. The lowest BCUT2D eigenvalue weighted by Crippen LogP contribution is -2.43. The predicted octanol–water partition coefficient (Wildman–Crippen LogP) is 0.746. The second kappa shape index (κ2) is 5.22. The summed E-state index contributed by atoms with van der Waals surface area (Å²) in [4.78, 5) is 17.9. The largest absolute Gasteiger partial charge is 0.476 e. The summed E-state index contributed by atoms with van der Waals surface area (Å²) < 4.78 is 1.89. The average Bonchev–Trinajstić information content (AvgIpc) is 2.78. The monoisotopic (exact) mass is 274 g/mol. The molecule has 0 saturated carbocycles. The lowest BCUT2D eigenvalue weighted by atomic mass is 10.2. The van der Waals surface area contributed by atoms with E-state index in [-0.39, 0.29) is 5.69 Å². The van der Waals surface area contributed by atoms with Crippen LogP contribution < -0.4 is 5.32 Å². The summed E-state index contributed by atoms with van der Waals surface area (Å²) in [7, 11) is 0. The summed E-state index contributed by atoms with van der Waals surface area (Å²) in [5.41, 5.74) is 1.84. The Kier molecular flexibility index (Phi) is 3.42. The summed E-state index contributed by atoms with van der Waals surface area (Å²) >= 11 is 0. The number of rotatable bonds is 3. The van der Waals surface area contributed by atoms with E-state index in [1.807, 2.05) is 29.7 Å². The second-order valence-corrected chi connectivity index (χ2v) is 5.17. The minimum absolute atomic E-state index is 0.138. The van der Waals surface area contributed by atoms with Crippen LogP contribution in [0.2, 0.25) is 0 Å². The minimum Gasteiger partial charge on any atom is -0.476 e. The van der Waals surface area contributed by atoms with Crippen LogP contribution in [0.4, 0.5) is 0 Å². The van der Waals surface area contributed by atoms with Crippen LogP contribution in [0.3, 0.4) is 0 Å². The number of hydrogen-bond acceptors (Lipinski definition) is 4. The van der Waals surface area contributed by atoms with Gasteiger partial charge < -0.3 is 14.8 Å². The van der Waals surface area contributed by atoms with Crippen molar-refractivity contribution < 1.29 is 9.90 Å². The van der Waals surface area contributed by atoms with Crippen molar-refractivity contribution in [1.29, 1.82) is 0 Å². The molecule has 6 nitrogen and oxygen atoms in total. The molecule has 1 fully saturated rings. The molecule has 20 heavy (non-hydrogen) atoms. The molecule has 0 bridgehead atoms.